The van der Waals surface area contributed by atoms with E-state index in [1.54, 1.807) is 36.4 Å². The summed E-state index contributed by atoms with van der Waals surface area (Å²) in [5.41, 5.74) is 5.60. The minimum Gasteiger partial charge on any atom is -0.457 e. The number of halogens is 2. The standard InChI is InChI=1S/C14H8Cl2N2O2/c15-11-3-1-8(6-12(11)16)13-4-2-10(20-13)5-9(7-17)14(18)19/h1-6H,(H2,18,19)/b9-5+. The Morgan fingerprint density at radius 1 is 1.25 bits per heavy atom. The van der Waals surface area contributed by atoms with Crippen LogP contribution in [0.25, 0.3) is 17.4 Å². The maximum absolute atomic E-state index is 11.0. The zero-order chi connectivity index (χ0) is 14.7. The van der Waals surface area contributed by atoms with Crippen molar-refractivity contribution in [3.05, 3.63) is 51.7 Å². The Morgan fingerprint density at radius 3 is 2.60 bits per heavy atom. The smallest absolute Gasteiger partial charge is 0.259 e. The van der Waals surface area contributed by atoms with Crippen LogP contribution >= 0.6 is 23.2 Å². The highest BCUT2D eigenvalue weighted by Crippen LogP contribution is 2.29. The fourth-order valence-electron chi connectivity index (χ4n) is 1.54. The second kappa shape index (κ2) is 5.83. The van der Waals surface area contributed by atoms with Crippen molar-refractivity contribution in [1.82, 2.24) is 0 Å². The number of nitriles is 1. The fourth-order valence-corrected chi connectivity index (χ4v) is 1.83. The summed E-state index contributed by atoms with van der Waals surface area (Å²) < 4.78 is 5.51. The maximum Gasteiger partial charge on any atom is 0.259 e. The Hall–Kier alpha value is -2.22. The molecule has 0 aliphatic carbocycles. The van der Waals surface area contributed by atoms with E-state index in [4.69, 9.17) is 38.6 Å². The number of primary amides is 1. The van der Waals surface area contributed by atoms with Gasteiger partial charge in [0.25, 0.3) is 5.91 Å². The molecule has 2 aromatic rings. The zero-order valence-electron chi connectivity index (χ0n) is 10.1. The third kappa shape index (κ3) is 3.02. The van der Waals surface area contributed by atoms with Gasteiger partial charge in [0.1, 0.15) is 23.2 Å². The summed E-state index contributed by atoms with van der Waals surface area (Å²) in [6, 6.07) is 10.1. The lowest BCUT2D eigenvalue weighted by atomic mass is 10.2. The summed E-state index contributed by atoms with van der Waals surface area (Å²) >= 11 is 11.8. The molecule has 0 saturated heterocycles. The number of nitrogens with zero attached hydrogens (tertiary/aromatic N) is 1. The zero-order valence-corrected chi connectivity index (χ0v) is 11.6. The lowest BCUT2D eigenvalue weighted by Gasteiger charge is -1.99. The number of hydrogen-bond acceptors (Lipinski definition) is 3. The van der Waals surface area contributed by atoms with Crippen molar-refractivity contribution >= 4 is 35.2 Å². The average Bonchev–Trinajstić information content (AvgIpc) is 2.87. The molecule has 1 heterocycles. The normalized spacial score (nSPS) is 11.2. The van der Waals surface area contributed by atoms with Crippen LogP contribution in [0.1, 0.15) is 5.76 Å². The molecular weight excluding hydrogens is 299 g/mol. The SMILES string of the molecule is N#C/C(=C\c1ccc(-c2ccc(Cl)c(Cl)c2)o1)C(N)=O. The Balaban J connectivity index is 2.36. The quantitative estimate of drug-likeness (QED) is 0.694. The van der Waals surface area contributed by atoms with Gasteiger partial charge in [0.15, 0.2) is 0 Å². The van der Waals surface area contributed by atoms with Gasteiger partial charge in [-0.2, -0.15) is 5.26 Å². The summed E-state index contributed by atoms with van der Waals surface area (Å²) in [7, 11) is 0. The van der Waals surface area contributed by atoms with Gasteiger partial charge >= 0.3 is 0 Å². The number of benzene rings is 1. The van der Waals surface area contributed by atoms with Gasteiger partial charge in [-0.15, -0.1) is 0 Å². The second-order valence-corrected chi connectivity index (χ2v) is 4.68. The van der Waals surface area contributed by atoms with E-state index in [-0.39, 0.29) is 5.57 Å². The van der Waals surface area contributed by atoms with Crippen molar-refractivity contribution in [2.75, 3.05) is 0 Å². The summed E-state index contributed by atoms with van der Waals surface area (Å²) in [4.78, 5) is 11.0. The van der Waals surface area contributed by atoms with E-state index in [1.807, 2.05) is 0 Å². The van der Waals surface area contributed by atoms with Crippen LogP contribution in [0, 0.1) is 11.3 Å². The van der Waals surface area contributed by atoms with Crippen LogP contribution in [0.5, 0.6) is 0 Å². The summed E-state index contributed by atoms with van der Waals surface area (Å²) in [6.45, 7) is 0. The van der Waals surface area contributed by atoms with Crippen LogP contribution in [-0.2, 0) is 4.79 Å². The summed E-state index contributed by atoms with van der Waals surface area (Å²) in [5.74, 6) is 0.0815. The van der Waals surface area contributed by atoms with Gasteiger partial charge < -0.3 is 10.2 Å². The lowest BCUT2D eigenvalue weighted by Crippen LogP contribution is -2.12. The van der Waals surface area contributed by atoms with Crippen LogP contribution in [0.4, 0.5) is 0 Å². The lowest BCUT2D eigenvalue weighted by molar-refractivity contribution is -0.114. The number of nitrogens with two attached hydrogens (primary N) is 1. The Kier molecular flexibility index (Phi) is 4.14. The first-order valence-electron chi connectivity index (χ1n) is 5.48. The molecule has 1 amide bonds. The Labute approximate surface area is 125 Å². The molecule has 0 atom stereocenters. The number of rotatable bonds is 3. The van der Waals surface area contributed by atoms with Crippen LogP contribution in [-0.4, -0.2) is 5.91 Å². The third-order valence-corrected chi connectivity index (χ3v) is 3.24. The van der Waals surface area contributed by atoms with Crippen LogP contribution in [0.3, 0.4) is 0 Å². The first-order chi connectivity index (χ1) is 9.51. The van der Waals surface area contributed by atoms with Crippen molar-refractivity contribution in [3.8, 4) is 17.4 Å². The van der Waals surface area contributed by atoms with E-state index in [1.165, 1.54) is 6.08 Å². The molecule has 6 heteroatoms. The molecule has 100 valence electrons. The predicted molar refractivity (Wildman–Crippen MR) is 76.9 cm³/mol. The molecule has 0 unspecified atom stereocenters. The number of carbonyl (C=O) groups excluding carboxylic acids is 1. The predicted octanol–water partition coefficient (Wildman–Crippen LogP) is 3.65. The monoisotopic (exact) mass is 306 g/mol. The highest BCUT2D eigenvalue weighted by molar-refractivity contribution is 6.42. The highest BCUT2D eigenvalue weighted by atomic mass is 35.5. The molecule has 1 aromatic heterocycles. The molecule has 20 heavy (non-hydrogen) atoms. The molecule has 2 rings (SSSR count). The number of hydrogen-bond donors (Lipinski definition) is 1. The van der Waals surface area contributed by atoms with Crippen LogP contribution in [0.15, 0.2) is 40.3 Å². The molecule has 0 aliphatic heterocycles. The van der Waals surface area contributed by atoms with Crippen molar-refractivity contribution in [1.29, 1.82) is 5.26 Å². The van der Waals surface area contributed by atoms with E-state index in [2.05, 4.69) is 0 Å². The molecule has 0 aliphatic rings. The van der Waals surface area contributed by atoms with Gasteiger partial charge in [0, 0.05) is 11.6 Å². The average molecular weight is 307 g/mol. The highest BCUT2D eigenvalue weighted by Gasteiger charge is 2.08. The van der Waals surface area contributed by atoms with Crippen molar-refractivity contribution in [2.45, 2.75) is 0 Å². The first kappa shape index (κ1) is 14.2. The molecular formula is C14H8Cl2N2O2. The molecule has 0 radical (unpaired) electrons. The van der Waals surface area contributed by atoms with E-state index >= 15 is 0 Å². The minimum absolute atomic E-state index is 0.181. The van der Waals surface area contributed by atoms with E-state index < -0.39 is 5.91 Å². The van der Waals surface area contributed by atoms with Crippen molar-refractivity contribution in [3.63, 3.8) is 0 Å². The third-order valence-electron chi connectivity index (χ3n) is 2.50. The van der Waals surface area contributed by atoms with Gasteiger partial charge in [0.05, 0.1) is 10.0 Å². The molecule has 0 bridgehead atoms. The maximum atomic E-state index is 11.0. The minimum atomic E-state index is -0.806. The van der Waals surface area contributed by atoms with Crippen LogP contribution in [0.2, 0.25) is 10.0 Å². The molecule has 2 N–H and O–H groups in total. The second-order valence-electron chi connectivity index (χ2n) is 3.86. The Morgan fingerprint density at radius 2 is 2.00 bits per heavy atom. The molecule has 0 saturated carbocycles. The van der Waals surface area contributed by atoms with Gasteiger partial charge in [-0.25, -0.2) is 0 Å². The number of carbonyl (C=O) groups is 1. The fraction of sp³-hybridized carbons (Fsp3) is 0. The Bertz CT molecular complexity index is 742. The number of furan rings is 1. The molecule has 4 nitrogen and oxygen atoms in total. The van der Waals surface area contributed by atoms with Gasteiger partial charge in [-0.1, -0.05) is 23.2 Å². The van der Waals surface area contributed by atoms with E-state index in [0.29, 0.717) is 21.6 Å². The topological polar surface area (TPSA) is 80.0 Å². The first-order valence-corrected chi connectivity index (χ1v) is 6.23. The van der Waals surface area contributed by atoms with Crippen LogP contribution < -0.4 is 5.73 Å². The largest absolute Gasteiger partial charge is 0.457 e. The molecule has 1 aromatic carbocycles. The van der Waals surface area contributed by atoms with E-state index in [0.717, 1.165) is 5.56 Å². The number of amides is 1. The molecule has 0 spiro atoms. The van der Waals surface area contributed by atoms with E-state index in [9.17, 15) is 4.79 Å². The van der Waals surface area contributed by atoms with Gasteiger partial charge in [-0.05, 0) is 30.3 Å². The van der Waals surface area contributed by atoms with Crippen molar-refractivity contribution < 1.29 is 9.21 Å². The van der Waals surface area contributed by atoms with Gasteiger partial charge in [-0.3, -0.25) is 4.79 Å². The van der Waals surface area contributed by atoms with Gasteiger partial charge in [0.2, 0.25) is 0 Å². The summed E-state index contributed by atoms with van der Waals surface area (Å²) in [5, 5.41) is 9.61. The molecule has 0 fully saturated rings. The summed E-state index contributed by atoms with van der Waals surface area (Å²) in [6.07, 6.45) is 1.28. The van der Waals surface area contributed by atoms with Crippen molar-refractivity contribution in [2.24, 2.45) is 5.73 Å².